The maximum Gasteiger partial charge on any atom is 0.328 e. The van der Waals surface area contributed by atoms with Gasteiger partial charge in [-0.2, -0.15) is 0 Å². The predicted octanol–water partition coefficient (Wildman–Crippen LogP) is -1.72. The number of aromatic amines is 1. The highest BCUT2D eigenvalue weighted by Crippen LogP contribution is 2.19. The molecule has 2 rings (SSSR count). The minimum absolute atomic E-state index is 0.0686. The van der Waals surface area contributed by atoms with Crippen molar-refractivity contribution in [3.05, 3.63) is 36.0 Å². The number of hydrogen-bond acceptors (Lipinski definition) is 7. The Hall–Kier alpha value is -4.17. The standard InChI is InChI=1S/C25H38N8O6/c1-13(2)20(23(37)32-19(12-34)24(38)39)33-22(36)18(10-14-11-30-17-8-4-3-6-15(14)17)31-21(35)16(26)7-5-9-29-25(27)28/h3-4,6,8,11,13,16,18-20,30,34H,5,7,9-10,12,26H2,1-2H3,(H,31,35)(H,32,37)(H,33,36)(H,38,39)(H4,27,28,29). The number of carboxylic acid groups (broad SMARTS) is 1. The molecule has 0 aliphatic rings. The van der Waals surface area contributed by atoms with Crippen molar-refractivity contribution < 1.29 is 29.4 Å². The molecule has 0 spiro atoms. The second kappa shape index (κ2) is 14.7. The predicted molar refractivity (Wildman–Crippen MR) is 145 cm³/mol. The number of aliphatic carboxylic acids is 1. The van der Waals surface area contributed by atoms with E-state index < -0.39 is 60.4 Å². The zero-order valence-corrected chi connectivity index (χ0v) is 22.0. The van der Waals surface area contributed by atoms with Crippen LogP contribution in [0.15, 0.2) is 35.5 Å². The SMILES string of the molecule is CC(C)C(NC(=O)C(Cc1c[nH]c2ccccc12)NC(=O)C(N)CCCN=C(N)N)C(=O)NC(CO)C(=O)O. The summed E-state index contributed by atoms with van der Waals surface area (Å²) >= 11 is 0. The minimum atomic E-state index is -1.53. The monoisotopic (exact) mass is 546 g/mol. The summed E-state index contributed by atoms with van der Waals surface area (Å²) in [6, 6.07) is 2.73. The number of para-hydroxylation sites is 1. The number of nitrogens with two attached hydrogens (primary N) is 3. The molecule has 0 saturated heterocycles. The van der Waals surface area contributed by atoms with Gasteiger partial charge in [0, 0.05) is 30.1 Å². The highest BCUT2D eigenvalue weighted by molar-refractivity contribution is 5.95. The molecular weight excluding hydrogens is 508 g/mol. The molecule has 1 heterocycles. The number of carbonyl (C=O) groups is 4. The van der Waals surface area contributed by atoms with Crippen LogP contribution < -0.4 is 33.2 Å². The van der Waals surface area contributed by atoms with Crippen LogP contribution in [0.4, 0.5) is 0 Å². The smallest absolute Gasteiger partial charge is 0.328 e. The summed E-state index contributed by atoms with van der Waals surface area (Å²) < 4.78 is 0. The molecule has 39 heavy (non-hydrogen) atoms. The molecule has 1 aromatic carbocycles. The third kappa shape index (κ3) is 9.26. The number of nitrogens with zero attached hydrogens (tertiary/aromatic N) is 1. The highest BCUT2D eigenvalue weighted by atomic mass is 16.4. The fourth-order valence-electron chi connectivity index (χ4n) is 3.89. The molecule has 1 aromatic heterocycles. The van der Waals surface area contributed by atoms with Crippen molar-refractivity contribution in [1.29, 1.82) is 0 Å². The van der Waals surface area contributed by atoms with E-state index in [-0.39, 0.29) is 18.8 Å². The van der Waals surface area contributed by atoms with E-state index in [4.69, 9.17) is 22.3 Å². The third-order valence-corrected chi connectivity index (χ3v) is 6.08. The normalized spacial score (nSPS) is 14.2. The first-order valence-electron chi connectivity index (χ1n) is 12.5. The van der Waals surface area contributed by atoms with Crippen molar-refractivity contribution in [2.24, 2.45) is 28.1 Å². The summed E-state index contributed by atoms with van der Waals surface area (Å²) in [7, 11) is 0. The molecule has 0 saturated carbocycles. The molecule has 14 nitrogen and oxygen atoms in total. The van der Waals surface area contributed by atoms with Gasteiger partial charge in [-0.25, -0.2) is 4.79 Å². The van der Waals surface area contributed by atoms with Crippen LogP contribution in [0.2, 0.25) is 0 Å². The van der Waals surface area contributed by atoms with Crippen LogP contribution in [-0.4, -0.2) is 82.2 Å². The fourth-order valence-corrected chi connectivity index (χ4v) is 3.89. The lowest BCUT2D eigenvalue weighted by molar-refractivity contribution is -0.143. The Balaban J connectivity index is 2.23. The number of rotatable bonds is 15. The van der Waals surface area contributed by atoms with Crippen molar-refractivity contribution in [2.45, 2.75) is 57.3 Å². The average Bonchev–Trinajstić information content (AvgIpc) is 3.29. The Kier molecular flexibility index (Phi) is 11.7. The molecule has 12 N–H and O–H groups in total. The van der Waals surface area contributed by atoms with E-state index in [2.05, 4.69) is 25.9 Å². The summed E-state index contributed by atoms with van der Waals surface area (Å²) in [4.78, 5) is 57.4. The molecule has 0 fully saturated rings. The number of H-pyrrole nitrogens is 1. The van der Waals surface area contributed by atoms with Gasteiger partial charge in [0.15, 0.2) is 5.96 Å². The van der Waals surface area contributed by atoms with Crippen molar-refractivity contribution in [2.75, 3.05) is 13.2 Å². The van der Waals surface area contributed by atoms with Crippen LogP contribution >= 0.6 is 0 Å². The highest BCUT2D eigenvalue weighted by Gasteiger charge is 2.32. The number of carboxylic acids is 1. The summed E-state index contributed by atoms with van der Waals surface area (Å²) in [5.74, 6) is -3.95. The van der Waals surface area contributed by atoms with Gasteiger partial charge in [0.2, 0.25) is 17.7 Å². The van der Waals surface area contributed by atoms with Gasteiger partial charge in [-0.15, -0.1) is 0 Å². The van der Waals surface area contributed by atoms with Crippen LogP contribution in [0.25, 0.3) is 10.9 Å². The summed E-state index contributed by atoms with van der Waals surface area (Å²) in [6.45, 7) is 2.80. The van der Waals surface area contributed by atoms with Gasteiger partial charge >= 0.3 is 5.97 Å². The molecular formula is C25H38N8O6. The number of guanidine groups is 1. The summed E-state index contributed by atoms with van der Waals surface area (Å²) in [6.07, 6.45) is 2.52. The van der Waals surface area contributed by atoms with Crippen LogP contribution in [0.1, 0.15) is 32.3 Å². The van der Waals surface area contributed by atoms with Gasteiger partial charge in [0.05, 0.1) is 12.6 Å². The third-order valence-electron chi connectivity index (χ3n) is 6.08. The first-order chi connectivity index (χ1) is 18.4. The maximum absolute atomic E-state index is 13.4. The average molecular weight is 547 g/mol. The van der Waals surface area contributed by atoms with Crippen LogP contribution in [0, 0.1) is 5.92 Å². The van der Waals surface area contributed by atoms with Crippen LogP contribution in [0.5, 0.6) is 0 Å². The second-order valence-corrected chi connectivity index (χ2v) is 9.49. The maximum atomic E-state index is 13.4. The van der Waals surface area contributed by atoms with Gasteiger partial charge in [-0.3, -0.25) is 19.4 Å². The second-order valence-electron chi connectivity index (χ2n) is 9.49. The Bertz CT molecular complexity index is 1180. The number of benzene rings is 1. The Morgan fingerprint density at radius 3 is 2.28 bits per heavy atom. The minimum Gasteiger partial charge on any atom is -0.480 e. The van der Waals surface area contributed by atoms with Crippen molar-refractivity contribution >= 4 is 40.6 Å². The molecule has 214 valence electrons. The van der Waals surface area contributed by atoms with Crippen molar-refractivity contribution in [3.8, 4) is 0 Å². The topological polar surface area (TPSA) is 251 Å². The molecule has 0 aliphatic carbocycles. The zero-order valence-electron chi connectivity index (χ0n) is 22.0. The van der Waals surface area contributed by atoms with E-state index >= 15 is 0 Å². The quantitative estimate of drug-likeness (QED) is 0.0698. The number of amides is 3. The number of fused-ring (bicyclic) bond motifs is 1. The molecule has 0 aliphatic heterocycles. The number of aliphatic hydroxyl groups is 1. The molecule has 3 amide bonds. The largest absolute Gasteiger partial charge is 0.480 e. The molecule has 2 aromatic rings. The molecule has 4 unspecified atom stereocenters. The Labute approximate surface area is 225 Å². The lowest BCUT2D eigenvalue weighted by Gasteiger charge is -2.27. The van der Waals surface area contributed by atoms with Crippen molar-refractivity contribution in [1.82, 2.24) is 20.9 Å². The van der Waals surface area contributed by atoms with E-state index in [1.54, 1.807) is 20.0 Å². The number of hydrogen-bond donors (Lipinski definition) is 9. The Morgan fingerprint density at radius 1 is 1.00 bits per heavy atom. The number of aliphatic hydroxyl groups excluding tert-OH is 1. The lowest BCUT2D eigenvalue weighted by Crippen LogP contribution is -2.59. The van der Waals surface area contributed by atoms with Crippen molar-refractivity contribution in [3.63, 3.8) is 0 Å². The van der Waals surface area contributed by atoms with Crippen LogP contribution in [-0.2, 0) is 25.6 Å². The number of aliphatic imine (C=N–C) groups is 1. The fraction of sp³-hybridized carbons (Fsp3) is 0.480. The van der Waals surface area contributed by atoms with E-state index in [0.29, 0.717) is 13.0 Å². The van der Waals surface area contributed by atoms with E-state index in [1.807, 2.05) is 24.3 Å². The number of carbonyl (C=O) groups excluding carboxylic acids is 3. The summed E-state index contributed by atoms with van der Waals surface area (Å²) in [5, 5.41) is 26.8. The number of aromatic nitrogens is 1. The van der Waals surface area contributed by atoms with Gasteiger partial charge in [-0.1, -0.05) is 32.0 Å². The molecule has 14 heteroatoms. The zero-order chi connectivity index (χ0) is 29.1. The molecule has 0 bridgehead atoms. The van der Waals surface area contributed by atoms with E-state index in [1.165, 1.54) is 0 Å². The van der Waals surface area contributed by atoms with Gasteiger partial charge in [-0.05, 0) is 30.4 Å². The van der Waals surface area contributed by atoms with Gasteiger partial charge < -0.3 is 48.3 Å². The van der Waals surface area contributed by atoms with E-state index in [0.717, 1.165) is 16.5 Å². The van der Waals surface area contributed by atoms with Crippen LogP contribution in [0.3, 0.4) is 0 Å². The van der Waals surface area contributed by atoms with Gasteiger partial charge in [0.1, 0.15) is 18.1 Å². The molecule has 4 atom stereocenters. The first-order valence-corrected chi connectivity index (χ1v) is 12.5. The Morgan fingerprint density at radius 2 is 1.67 bits per heavy atom. The first kappa shape index (κ1) is 31.1. The van der Waals surface area contributed by atoms with E-state index in [9.17, 15) is 24.3 Å². The molecule has 0 radical (unpaired) electrons. The number of nitrogens with one attached hydrogen (secondary N) is 4. The van der Waals surface area contributed by atoms with Gasteiger partial charge in [0.25, 0.3) is 0 Å². The lowest BCUT2D eigenvalue weighted by atomic mass is 10.00. The summed E-state index contributed by atoms with van der Waals surface area (Å²) in [5.41, 5.74) is 18.2.